The van der Waals surface area contributed by atoms with Crippen LogP contribution in [0.25, 0.3) is 0 Å². The Labute approximate surface area is 155 Å². The molecule has 1 fully saturated rings. The van der Waals surface area contributed by atoms with Gasteiger partial charge in [0.1, 0.15) is 0 Å². The van der Waals surface area contributed by atoms with Crippen molar-refractivity contribution in [1.29, 1.82) is 0 Å². The quantitative estimate of drug-likeness (QED) is 0.720. The molecule has 25 heavy (non-hydrogen) atoms. The monoisotopic (exact) mass is 378 g/mol. The van der Waals surface area contributed by atoms with E-state index in [2.05, 4.69) is 40.7 Å². The van der Waals surface area contributed by atoms with Crippen molar-refractivity contribution in [3.8, 4) is 0 Å². The van der Waals surface area contributed by atoms with E-state index in [0.29, 0.717) is 12.3 Å². The zero-order chi connectivity index (χ0) is 17.6. The van der Waals surface area contributed by atoms with Crippen molar-refractivity contribution in [1.82, 2.24) is 15.5 Å². The lowest BCUT2D eigenvalue weighted by molar-refractivity contribution is -0.119. The normalized spacial score (nSPS) is 16.8. The summed E-state index contributed by atoms with van der Waals surface area (Å²) < 4.78 is 6.27. The number of carbonyl (C=O) groups excluding carboxylic acids is 1. The minimum atomic E-state index is -0.000243. The Hall–Kier alpha value is -1.64. The van der Waals surface area contributed by atoms with Gasteiger partial charge in [-0.05, 0) is 43.9 Å². The summed E-state index contributed by atoms with van der Waals surface area (Å²) in [6.45, 7) is 5.55. The number of ether oxygens (including phenoxy) is 1. The number of aryl methyl sites for hydroxylation is 1. The van der Waals surface area contributed by atoms with Gasteiger partial charge in [0.15, 0.2) is 4.34 Å². The SMILES string of the molecule is Cc1cccc(Nc2nnc(SCC(=O)NC[C@H]3CCCO3)s2)c1C. The molecule has 1 aromatic heterocycles. The molecule has 1 saturated heterocycles. The molecule has 8 heteroatoms. The van der Waals surface area contributed by atoms with Crippen LogP contribution in [0.3, 0.4) is 0 Å². The molecule has 1 aromatic carbocycles. The van der Waals surface area contributed by atoms with Crippen molar-refractivity contribution in [3.63, 3.8) is 0 Å². The van der Waals surface area contributed by atoms with Crippen molar-refractivity contribution in [2.45, 2.75) is 37.1 Å². The Morgan fingerprint density at radius 3 is 3.08 bits per heavy atom. The molecule has 1 atom stereocenters. The molecule has 0 radical (unpaired) electrons. The lowest BCUT2D eigenvalue weighted by Gasteiger charge is -2.10. The van der Waals surface area contributed by atoms with E-state index in [1.807, 2.05) is 12.1 Å². The van der Waals surface area contributed by atoms with Crippen molar-refractivity contribution in [2.24, 2.45) is 0 Å². The first-order valence-corrected chi connectivity index (χ1v) is 10.1. The van der Waals surface area contributed by atoms with E-state index < -0.39 is 0 Å². The highest BCUT2D eigenvalue weighted by Crippen LogP contribution is 2.29. The van der Waals surface area contributed by atoms with Crippen LogP contribution in [0.2, 0.25) is 0 Å². The van der Waals surface area contributed by atoms with E-state index in [0.717, 1.165) is 34.6 Å². The highest BCUT2D eigenvalue weighted by molar-refractivity contribution is 8.01. The molecule has 0 bridgehead atoms. The zero-order valence-corrected chi connectivity index (χ0v) is 16.0. The second kappa shape index (κ2) is 8.64. The first-order chi connectivity index (χ1) is 12.1. The van der Waals surface area contributed by atoms with E-state index in [4.69, 9.17) is 4.74 Å². The predicted octanol–water partition coefficient (Wildman–Crippen LogP) is 3.29. The summed E-state index contributed by atoms with van der Waals surface area (Å²) in [6.07, 6.45) is 2.27. The van der Waals surface area contributed by atoms with E-state index >= 15 is 0 Å². The molecule has 2 N–H and O–H groups in total. The van der Waals surface area contributed by atoms with E-state index in [1.54, 1.807) is 0 Å². The minimum absolute atomic E-state index is 0.000243. The molecular weight excluding hydrogens is 356 g/mol. The third kappa shape index (κ3) is 5.17. The second-order valence-corrected chi connectivity index (χ2v) is 8.17. The molecule has 1 amide bonds. The smallest absolute Gasteiger partial charge is 0.230 e. The standard InChI is InChI=1S/C17H22N4O2S2/c1-11-5-3-7-14(12(11)2)19-16-20-21-17(25-16)24-10-15(22)18-9-13-6-4-8-23-13/h3,5,7,13H,4,6,8-10H2,1-2H3,(H,18,22)(H,19,20)/t13-/m1/s1. The van der Waals surface area contributed by atoms with Crippen LogP contribution in [0.15, 0.2) is 22.5 Å². The van der Waals surface area contributed by atoms with Gasteiger partial charge < -0.3 is 15.4 Å². The van der Waals surface area contributed by atoms with Gasteiger partial charge in [0.05, 0.1) is 11.9 Å². The Kier molecular flexibility index (Phi) is 6.28. The summed E-state index contributed by atoms with van der Waals surface area (Å²) >= 11 is 2.85. The minimum Gasteiger partial charge on any atom is -0.376 e. The van der Waals surface area contributed by atoms with E-state index in [9.17, 15) is 4.79 Å². The van der Waals surface area contributed by atoms with Gasteiger partial charge in [-0.1, -0.05) is 35.2 Å². The maximum atomic E-state index is 11.9. The summed E-state index contributed by atoms with van der Waals surface area (Å²) in [6, 6.07) is 6.12. The van der Waals surface area contributed by atoms with Crippen LogP contribution in [-0.2, 0) is 9.53 Å². The number of rotatable bonds is 7. The highest BCUT2D eigenvalue weighted by Gasteiger charge is 2.16. The summed E-state index contributed by atoms with van der Waals surface area (Å²) in [7, 11) is 0. The molecule has 2 heterocycles. The molecule has 6 nitrogen and oxygen atoms in total. The van der Waals surface area contributed by atoms with Crippen molar-refractivity contribution < 1.29 is 9.53 Å². The molecule has 0 aliphatic carbocycles. The molecule has 0 spiro atoms. The number of carbonyl (C=O) groups is 1. The topological polar surface area (TPSA) is 76.1 Å². The van der Waals surface area contributed by atoms with Crippen LogP contribution in [-0.4, -0.2) is 41.1 Å². The Morgan fingerprint density at radius 1 is 1.40 bits per heavy atom. The van der Waals surface area contributed by atoms with Crippen molar-refractivity contribution in [2.75, 3.05) is 24.2 Å². The van der Waals surface area contributed by atoms with Gasteiger partial charge >= 0.3 is 0 Å². The van der Waals surface area contributed by atoms with Crippen LogP contribution in [0.1, 0.15) is 24.0 Å². The fourth-order valence-electron chi connectivity index (χ4n) is 2.53. The molecule has 1 aliphatic heterocycles. The Morgan fingerprint density at radius 2 is 2.28 bits per heavy atom. The summed E-state index contributed by atoms with van der Waals surface area (Å²) in [5.74, 6) is 0.338. The van der Waals surface area contributed by atoms with Crippen LogP contribution >= 0.6 is 23.1 Å². The van der Waals surface area contributed by atoms with Gasteiger partial charge in [0.2, 0.25) is 11.0 Å². The van der Waals surface area contributed by atoms with Crippen LogP contribution in [0.5, 0.6) is 0 Å². The fraction of sp³-hybridized carbons (Fsp3) is 0.471. The number of aromatic nitrogens is 2. The molecule has 1 aliphatic rings. The van der Waals surface area contributed by atoms with Crippen molar-refractivity contribution in [3.05, 3.63) is 29.3 Å². The Balaban J connectivity index is 1.46. The number of nitrogens with zero attached hydrogens (tertiary/aromatic N) is 2. The van der Waals surface area contributed by atoms with Gasteiger partial charge in [-0.3, -0.25) is 4.79 Å². The number of anilines is 2. The van der Waals surface area contributed by atoms with Gasteiger partial charge in [-0.15, -0.1) is 10.2 Å². The van der Waals surface area contributed by atoms with Crippen LogP contribution in [0.4, 0.5) is 10.8 Å². The largest absolute Gasteiger partial charge is 0.376 e. The first-order valence-electron chi connectivity index (χ1n) is 8.29. The maximum absolute atomic E-state index is 11.9. The zero-order valence-electron chi connectivity index (χ0n) is 14.4. The number of hydrogen-bond donors (Lipinski definition) is 2. The van der Waals surface area contributed by atoms with Gasteiger partial charge in [0.25, 0.3) is 0 Å². The van der Waals surface area contributed by atoms with Crippen molar-refractivity contribution >= 4 is 39.8 Å². The lowest BCUT2D eigenvalue weighted by atomic mass is 10.1. The molecule has 2 aromatic rings. The second-order valence-electron chi connectivity index (χ2n) is 5.97. The summed E-state index contributed by atoms with van der Waals surface area (Å²) in [5.41, 5.74) is 3.45. The number of amides is 1. The highest BCUT2D eigenvalue weighted by atomic mass is 32.2. The van der Waals surface area contributed by atoms with E-state index in [-0.39, 0.29) is 12.0 Å². The Bertz CT molecular complexity index is 729. The van der Waals surface area contributed by atoms with Gasteiger partial charge in [0, 0.05) is 18.8 Å². The molecule has 0 saturated carbocycles. The lowest BCUT2D eigenvalue weighted by Crippen LogP contribution is -2.32. The predicted molar refractivity (Wildman–Crippen MR) is 102 cm³/mol. The van der Waals surface area contributed by atoms with E-state index in [1.165, 1.54) is 34.2 Å². The molecule has 134 valence electrons. The third-order valence-electron chi connectivity index (χ3n) is 4.13. The first kappa shape index (κ1) is 18.2. The number of benzene rings is 1. The number of hydrogen-bond acceptors (Lipinski definition) is 7. The molecule has 0 unspecified atom stereocenters. The average molecular weight is 379 g/mol. The number of thioether (sulfide) groups is 1. The molecular formula is C17H22N4O2S2. The van der Waals surface area contributed by atoms with Crippen LogP contribution in [0, 0.1) is 13.8 Å². The summed E-state index contributed by atoms with van der Waals surface area (Å²) in [5, 5.41) is 15.2. The maximum Gasteiger partial charge on any atom is 0.230 e. The third-order valence-corrected chi connectivity index (χ3v) is 6.10. The van der Waals surface area contributed by atoms with Crippen LogP contribution < -0.4 is 10.6 Å². The summed E-state index contributed by atoms with van der Waals surface area (Å²) in [4.78, 5) is 11.9. The van der Waals surface area contributed by atoms with Gasteiger partial charge in [-0.25, -0.2) is 0 Å². The fourth-order valence-corrected chi connectivity index (χ4v) is 4.13. The van der Waals surface area contributed by atoms with Gasteiger partial charge in [-0.2, -0.15) is 0 Å². The molecule has 3 rings (SSSR count). The number of nitrogens with one attached hydrogen (secondary N) is 2. The average Bonchev–Trinajstić information content (AvgIpc) is 3.27.